The summed E-state index contributed by atoms with van der Waals surface area (Å²) >= 11 is 0. The molecule has 0 heterocycles. The first-order valence-electron chi connectivity index (χ1n) is 5.24. The SMILES string of the molecule is C=CCC(C)NC1CC(OCC)C1. The highest BCUT2D eigenvalue weighted by molar-refractivity contribution is 4.88. The van der Waals surface area contributed by atoms with Crippen LogP contribution in [0.3, 0.4) is 0 Å². The van der Waals surface area contributed by atoms with E-state index in [1.165, 1.54) is 12.8 Å². The van der Waals surface area contributed by atoms with Gasteiger partial charge in [0.15, 0.2) is 0 Å². The van der Waals surface area contributed by atoms with E-state index < -0.39 is 0 Å². The lowest BCUT2D eigenvalue weighted by Crippen LogP contribution is -2.48. The molecule has 0 aromatic heterocycles. The van der Waals surface area contributed by atoms with E-state index in [2.05, 4.69) is 25.7 Å². The molecule has 1 unspecified atom stereocenters. The summed E-state index contributed by atoms with van der Waals surface area (Å²) in [7, 11) is 0. The second-order valence-electron chi connectivity index (χ2n) is 3.84. The van der Waals surface area contributed by atoms with Crippen LogP contribution in [-0.4, -0.2) is 24.8 Å². The molecule has 0 amide bonds. The van der Waals surface area contributed by atoms with Gasteiger partial charge in [0.05, 0.1) is 6.10 Å². The number of ether oxygens (including phenoxy) is 1. The fourth-order valence-corrected chi connectivity index (χ4v) is 1.79. The van der Waals surface area contributed by atoms with Crippen LogP contribution >= 0.6 is 0 Å². The van der Waals surface area contributed by atoms with E-state index in [0.717, 1.165) is 13.0 Å². The Labute approximate surface area is 81.4 Å². The quantitative estimate of drug-likeness (QED) is 0.637. The first kappa shape index (κ1) is 10.7. The van der Waals surface area contributed by atoms with E-state index in [1.807, 2.05) is 6.08 Å². The van der Waals surface area contributed by atoms with Gasteiger partial charge >= 0.3 is 0 Å². The van der Waals surface area contributed by atoms with Gasteiger partial charge in [-0.25, -0.2) is 0 Å². The Bertz CT molecular complexity index is 152. The van der Waals surface area contributed by atoms with Crippen LogP contribution < -0.4 is 5.32 Å². The average Bonchev–Trinajstić information content (AvgIpc) is 2.01. The standard InChI is InChI=1S/C11H21NO/c1-4-6-9(3)12-10-7-11(8-10)13-5-2/h4,9-12H,1,5-8H2,2-3H3. The lowest BCUT2D eigenvalue weighted by Gasteiger charge is -2.37. The van der Waals surface area contributed by atoms with Crippen LogP contribution in [0.1, 0.15) is 33.1 Å². The maximum Gasteiger partial charge on any atom is 0.0604 e. The molecule has 0 aromatic carbocycles. The minimum absolute atomic E-state index is 0.512. The highest BCUT2D eigenvalue weighted by Gasteiger charge is 2.29. The fourth-order valence-electron chi connectivity index (χ4n) is 1.79. The van der Waals surface area contributed by atoms with Gasteiger partial charge in [0.25, 0.3) is 0 Å². The molecule has 1 rings (SSSR count). The van der Waals surface area contributed by atoms with E-state index >= 15 is 0 Å². The highest BCUT2D eigenvalue weighted by Crippen LogP contribution is 2.23. The molecule has 1 fully saturated rings. The molecule has 0 saturated heterocycles. The van der Waals surface area contributed by atoms with Crippen LogP contribution in [0, 0.1) is 0 Å². The summed E-state index contributed by atoms with van der Waals surface area (Å²) in [6.07, 6.45) is 5.88. The van der Waals surface area contributed by atoms with Crippen molar-refractivity contribution < 1.29 is 4.74 Å². The van der Waals surface area contributed by atoms with Gasteiger partial charge in [0.1, 0.15) is 0 Å². The molecule has 1 atom stereocenters. The van der Waals surface area contributed by atoms with Crippen LogP contribution in [0.4, 0.5) is 0 Å². The molecule has 1 aliphatic carbocycles. The lowest BCUT2D eigenvalue weighted by atomic mass is 9.88. The van der Waals surface area contributed by atoms with Crippen molar-refractivity contribution in [2.75, 3.05) is 6.61 Å². The van der Waals surface area contributed by atoms with Crippen molar-refractivity contribution in [2.45, 2.75) is 51.3 Å². The third kappa shape index (κ3) is 3.49. The van der Waals surface area contributed by atoms with Gasteiger partial charge in [-0.2, -0.15) is 0 Å². The lowest BCUT2D eigenvalue weighted by molar-refractivity contribution is -0.0118. The van der Waals surface area contributed by atoms with Gasteiger partial charge < -0.3 is 10.1 Å². The average molecular weight is 183 g/mol. The molecule has 1 saturated carbocycles. The van der Waals surface area contributed by atoms with Crippen LogP contribution in [-0.2, 0) is 4.74 Å². The molecule has 1 aliphatic rings. The molecule has 76 valence electrons. The third-order valence-electron chi connectivity index (χ3n) is 2.54. The summed E-state index contributed by atoms with van der Waals surface area (Å²) in [5.74, 6) is 0. The number of hydrogen-bond donors (Lipinski definition) is 1. The van der Waals surface area contributed by atoms with Crippen molar-refractivity contribution in [2.24, 2.45) is 0 Å². The minimum atomic E-state index is 0.512. The Hall–Kier alpha value is -0.340. The van der Waals surface area contributed by atoms with Gasteiger partial charge in [0, 0.05) is 18.7 Å². The molecule has 1 N–H and O–H groups in total. The molecule has 0 radical (unpaired) electrons. The predicted molar refractivity (Wildman–Crippen MR) is 55.8 cm³/mol. The van der Waals surface area contributed by atoms with Crippen LogP contribution in [0.5, 0.6) is 0 Å². The van der Waals surface area contributed by atoms with Crippen molar-refractivity contribution in [3.63, 3.8) is 0 Å². The first-order chi connectivity index (χ1) is 6.26. The van der Waals surface area contributed by atoms with Crippen LogP contribution in [0.2, 0.25) is 0 Å². The monoisotopic (exact) mass is 183 g/mol. The summed E-state index contributed by atoms with van der Waals surface area (Å²) in [4.78, 5) is 0. The summed E-state index contributed by atoms with van der Waals surface area (Å²) in [6.45, 7) is 8.84. The largest absolute Gasteiger partial charge is 0.378 e. The van der Waals surface area contributed by atoms with Gasteiger partial charge in [-0.05, 0) is 33.1 Å². The number of hydrogen-bond acceptors (Lipinski definition) is 2. The minimum Gasteiger partial charge on any atom is -0.378 e. The van der Waals surface area contributed by atoms with Crippen molar-refractivity contribution in [3.05, 3.63) is 12.7 Å². The van der Waals surface area contributed by atoms with Gasteiger partial charge in [0.2, 0.25) is 0 Å². The molecule has 2 heteroatoms. The Kier molecular flexibility index (Phi) is 4.46. The van der Waals surface area contributed by atoms with Crippen molar-refractivity contribution in [3.8, 4) is 0 Å². The summed E-state index contributed by atoms with van der Waals surface area (Å²) in [6, 6.07) is 1.23. The van der Waals surface area contributed by atoms with E-state index in [4.69, 9.17) is 4.74 Å². The smallest absolute Gasteiger partial charge is 0.0604 e. The predicted octanol–water partition coefficient (Wildman–Crippen LogP) is 2.11. The Morgan fingerprint density at radius 2 is 2.31 bits per heavy atom. The number of rotatable bonds is 6. The first-order valence-corrected chi connectivity index (χ1v) is 5.24. The molecular formula is C11H21NO. The zero-order valence-electron chi connectivity index (χ0n) is 8.75. The van der Waals surface area contributed by atoms with Gasteiger partial charge in [-0.3, -0.25) is 0 Å². The summed E-state index contributed by atoms with van der Waals surface area (Å²) in [5.41, 5.74) is 0. The van der Waals surface area contributed by atoms with Crippen LogP contribution in [0.25, 0.3) is 0 Å². The van der Waals surface area contributed by atoms with Crippen LogP contribution in [0.15, 0.2) is 12.7 Å². The second kappa shape index (κ2) is 5.40. The zero-order valence-corrected chi connectivity index (χ0v) is 8.75. The molecular weight excluding hydrogens is 162 g/mol. The molecule has 0 aromatic rings. The van der Waals surface area contributed by atoms with Gasteiger partial charge in [-0.15, -0.1) is 6.58 Å². The summed E-state index contributed by atoms with van der Waals surface area (Å²) < 4.78 is 5.49. The Morgan fingerprint density at radius 1 is 1.62 bits per heavy atom. The topological polar surface area (TPSA) is 21.3 Å². The summed E-state index contributed by atoms with van der Waals surface area (Å²) in [5, 5.41) is 3.55. The molecule has 0 aliphatic heterocycles. The zero-order chi connectivity index (χ0) is 9.68. The Morgan fingerprint density at radius 3 is 2.85 bits per heavy atom. The van der Waals surface area contributed by atoms with Gasteiger partial charge in [-0.1, -0.05) is 6.08 Å². The molecule has 0 bridgehead atoms. The molecule has 13 heavy (non-hydrogen) atoms. The molecule has 0 spiro atoms. The normalized spacial score (nSPS) is 29.4. The highest BCUT2D eigenvalue weighted by atomic mass is 16.5. The van der Waals surface area contributed by atoms with E-state index in [-0.39, 0.29) is 0 Å². The van der Waals surface area contributed by atoms with E-state index in [9.17, 15) is 0 Å². The second-order valence-corrected chi connectivity index (χ2v) is 3.84. The third-order valence-corrected chi connectivity index (χ3v) is 2.54. The van der Waals surface area contributed by atoms with Crippen molar-refractivity contribution in [1.29, 1.82) is 0 Å². The Balaban J connectivity index is 2.03. The maximum absolute atomic E-state index is 5.49. The number of nitrogens with one attached hydrogen (secondary N) is 1. The van der Waals surface area contributed by atoms with E-state index in [1.54, 1.807) is 0 Å². The van der Waals surface area contributed by atoms with Crippen molar-refractivity contribution in [1.82, 2.24) is 5.32 Å². The molecule has 2 nitrogen and oxygen atoms in total. The van der Waals surface area contributed by atoms with E-state index in [0.29, 0.717) is 18.2 Å². The maximum atomic E-state index is 5.49. The fraction of sp³-hybridized carbons (Fsp3) is 0.818. The van der Waals surface area contributed by atoms with Crippen molar-refractivity contribution >= 4 is 0 Å².